The van der Waals surface area contributed by atoms with Gasteiger partial charge in [-0.25, -0.2) is 4.79 Å². The van der Waals surface area contributed by atoms with Gasteiger partial charge in [0.2, 0.25) is 0 Å². The van der Waals surface area contributed by atoms with Gasteiger partial charge in [-0.15, -0.1) is 0 Å². The highest BCUT2D eigenvalue weighted by Gasteiger charge is 1.96. The molecule has 0 saturated carbocycles. The molecule has 0 bridgehead atoms. The third kappa shape index (κ3) is 15.8. The van der Waals surface area contributed by atoms with Crippen LogP contribution in [-0.4, -0.2) is 30.2 Å². The van der Waals surface area contributed by atoms with Crippen molar-refractivity contribution in [2.75, 3.05) is 24.2 Å². The Morgan fingerprint density at radius 1 is 0.895 bits per heavy atom. The van der Waals surface area contributed by atoms with Crippen molar-refractivity contribution in [1.82, 2.24) is 0 Å². The molecule has 0 aromatic heterocycles. The van der Waals surface area contributed by atoms with E-state index in [-0.39, 0.29) is 5.97 Å². The summed E-state index contributed by atoms with van der Waals surface area (Å²) in [5.74, 6) is -0.328. The molecular weight excluding hydrogens is 355 g/mol. The van der Waals surface area contributed by atoms with Crippen LogP contribution in [0.2, 0.25) is 0 Å². The lowest BCUT2D eigenvalue weighted by Gasteiger charge is -2.04. The number of hydrogen-bond acceptors (Lipinski definition) is 3. The van der Waals surface area contributed by atoms with E-state index in [0.29, 0.717) is 6.61 Å². The van der Waals surface area contributed by atoms with Crippen LogP contribution in [0.5, 0.6) is 0 Å². The zero-order valence-electron chi connectivity index (χ0n) is 11.9. The molecule has 0 aliphatic heterocycles. The van der Waals surface area contributed by atoms with Gasteiger partial charge in [-0.3, -0.25) is 0 Å². The van der Waals surface area contributed by atoms with Crippen LogP contribution in [-0.2, 0) is 14.3 Å². The molecule has 0 rings (SSSR count). The van der Waals surface area contributed by atoms with Crippen LogP contribution in [0, 0.1) is 0 Å². The molecule has 0 aliphatic carbocycles. The number of ether oxygens (including phenoxy) is 2. The van der Waals surface area contributed by atoms with Gasteiger partial charge in [-0.05, 0) is 36.5 Å². The lowest BCUT2D eigenvalue weighted by Crippen LogP contribution is -2.02. The fraction of sp³-hybridized carbons (Fsp3) is 0.800. The number of carbonyl (C=O) groups is 1. The van der Waals surface area contributed by atoms with Crippen molar-refractivity contribution in [2.24, 2.45) is 0 Å². The van der Waals surface area contributed by atoms with Crippen LogP contribution in [0.4, 0.5) is 0 Å². The van der Waals surface area contributed by atoms with Gasteiger partial charge in [0.1, 0.15) is 0 Å². The van der Waals surface area contributed by atoms with Gasteiger partial charge < -0.3 is 9.47 Å². The first kappa shape index (κ1) is 18.9. The van der Waals surface area contributed by atoms with Crippen molar-refractivity contribution in [3.05, 3.63) is 12.7 Å². The van der Waals surface area contributed by atoms with E-state index < -0.39 is 0 Å². The van der Waals surface area contributed by atoms with Crippen molar-refractivity contribution in [1.29, 1.82) is 0 Å². The predicted octanol–water partition coefficient (Wildman–Crippen LogP) is 4.29. The normalized spacial score (nSPS) is 10.4. The molecule has 0 amide bonds. The second kappa shape index (κ2) is 16.0. The molecule has 19 heavy (non-hydrogen) atoms. The van der Waals surface area contributed by atoms with E-state index in [0.717, 1.165) is 38.9 Å². The van der Waals surface area contributed by atoms with Crippen LogP contribution in [0.1, 0.15) is 51.4 Å². The molecule has 0 N–H and O–H groups in total. The number of alkyl halides is 1. The largest absolute Gasteiger partial charge is 0.463 e. The summed E-state index contributed by atoms with van der Waals surface area (Å²) in [5.41, 5.74) is 0. The summed E-state index contributed by atoms with van der Waals surface area (Å²) in [5, 5.41) is 0. The van der Waals surface area contributed by atoms with Crippen molar-refractivity contribution in [3.63, 3.8) is 0 Å². The first-order valence-electron chi connectivity index (χ1n) is 7.24. The summed E-state index contributed by atoms with van der Waals surface area (Å²) in [4.78, 5) is 10.8. The van der Waals surface area contributed by atoms with E-state index in [4.69, 9.17) is 9.47 Å². The Kier molecular flexibility index (Phi) is 15.9. The van der Waals surface area contributed by atoms with E-state index >= 15 is 0 Å². The minimum Gasteiger partial charge on any atom is -0.463 e. The van der Waals surface area contributed by atoms with Crippen LogP contribution in [0.25, 0.3) is 0 Å². The average molecular weight is 382 g/mol. The van der Waals surface area contributed by atoms with Gasteiger partial charge >= 0.3 is 5.97 Å². The molecular formula is C15H27IO3. The highest BCUT2D eigenvalue weighted by molar-refractivity contribution is 14.1. The molecule has 0 radical (unpaired) electrons. The van der Waals surface area contributed by atoms with Crippen molar-refractivity contribution in [3.8, 4) is 0 Å². The molecule has 0 aromatic rings. The minimum absolute atomic E-state index is 0.328. The topological polar surface area (TPSA) is 35.5 Å². The molecule has 4 heteroatoms. The predicted molar refractivity (Wildman–Crippen MR) is 87.8 cm³/mol. The third-order valence-corrected chi connectivity index (χ3v) is 3.53. The van der Waals surface area contributed by atoms with Crippen LogP contribution in [0.15, 0.2) is 12.7 Å². The van der Waals surface area contributed by atoms with E-state index in [1.54, 1.807) is 0 Å². The monoisotopic (exact) mass is 382 g/mol. The van der Waals surface area contributed by atoms with Gasteiger partial charge in [-0.1, -0.05) is 48.4 Å². The maximum Gasteiger partial charge on any atom is 0.330 e. The van der Waals surface area contributed by atoms with E-state index in [2.05, 4.69) is 29.2 Å². The van der Waals surface area contributed by atoms with Crippen molar-refractivity contribution in [2.45, 2.75) is 51.4 Å². The highest BCUT2D eigenvalue weighted by Crippen LogP contribution is 2.04. The van der Waals surface area contributed by atoms with Crippen LogP contribution >= 0.6 is 22.6 Å². The maximum absolute atomic E-state index is 10.8. The molecule has 112 valence electrons. The quantitative estimate of drug-likeness (QED) is 0.148. The van der Waals surface area contributed by atoms with E-state index in [1.165, 1.54) is 36.2 Å². The van der Waals surface area contributed by atoms with Gasteiger partial charge in [0.25, 0.3) is 0 Å². The fourth-order valence-electron chi connectivity index (χ4n) is 1.65. The molecule has 3 nitrogen and oxygen atoms in total. The Labute approximate surface area is 131 Å². The third-order valence-electron chi connectivity index (χ3n) is 2.77. The Morgan fingerprint density at radius 3 is 1.95 bits per heavy atom. The SMILES string of the molecule is C=CC(=O)OCCCCCCOCCCCCCI. The number of unbranched alkanes of at least 4 members (excludes halogenated alkanes) is 6. The summed E-state index contributed by atoms with van der Waals surface area (Å²) in [6, 6.07) is 0. The average Bonchev–Trinajstić information content (AvgIpc) is 2.43. The summed E-state index contributed by atoms with van der Waals surface area (Å²) >= 11 is 2.42. The molecule has 0 unspecified atom stereocenters. The molecule has 0 fully saturated rings. The molecule has 0 saturated heterocycles. The zero-order chi connectivity index (χ0) is 14.2. The van der Waals surface area contributed by atoms with Gasteiger partial charge in [0, 0.05) is 19.3 Å². The van der Waals surface area contributed by atoms with Crippen molar-refractivity contribution < 1.29 is 14.3 Å². The standard InChI is InChI=1S/C15H27IO3/c1-2-15(17)19-14-10-6-5-9-13-18-12-8-4-3-7-11-16/h2H,1,3-14H2. The van der Waals surface area contributed by atoms with Gasteiger partial charge in [0.15, 0.2) is 0 Å². The van der Waals surface area contributed by atoms with Crippen LogP contribution in [0.3, 0.4) is 0 Å². The smallest absolute Gasteiger partial charge is 0.330 e. The fourth-order valence-corrected chi connectivity index (χ4v) is 2.19. The van der Waals surface area contributed by atoms with Gasteiger partial charge in [0.05, 0.1) is 6.61 Å². The van der Waals surface area contributed by atoms with E-state index in [1.807, 2.05) is 0 Å². The Hall–Kier alpha value is -0.100. The molecule has 0 aliphatic rings. The number of carbonyl (C=O) groups excluding carboxylic acids is 1. The van der Waals surface area contributed by atoms with Crippen molar-refractivity contribution >= 4 is 28.6 Å². The summed E-state index contributed by atoms with van der Waals surface area (Å²) in [7, 11) is 0. The number of hydrogen-bond donors (Lipinski definition) is 0. The molecule has 0 atom stereocenters. The summed E-state index contributed by atoms with van der Waals surface area (Å²) < 4.78 is 11.7. The Balaban J connectivity index is 2.99. The number of halogens is 1. The molecule has 0 heterocycles. The number of rotatable bonds is 14. The second-order valence-corrected chi connectivity index (χ2v) is 5.58. The molecule has 0 spiro atoms. The van der Waals surface area contributed by atoms with Crippen LogP contribution < -0.4 is 0 Å². The summed E-state index contributed by atoms with van der Waals surface area (Å²) in [6.45, 7) is 5.61. The molecule has 0 aromatic carbocycles. The highest BCUT2D eigenvalue weighted by atomic mass is 127. The lowest BCUT2D eigenvalue weighted by atomic mass is 10.2. The maximum atomic E-state index is 10.8. The first-order valence-corrected chi connectivity index (χ1v) is 8.76. The first-order chi connectivity index (χ1) is 9.31. The second-order valence-electron chi connectivity index (χ2n) is 4.50. The Bertz CT molecular complexity index is 219. The zero-order valence-corrected chi connectivity index (χ0v) is 14.0. The van der Waals surface area contributed by atoms with Gasteiger partial charge in [-0.2, -0.15) is 0 Å². The number of esters is 1. The lowest BCUT2D eigenvalue weighted by molar-refractivity contribution is -0.137. The minimum atomic E-state index is -0.328. The Morgan fingerprint density at radius 2 is 1.42 bits per heavy atom. The van der Waals surface area contributed by atoms with E-state index in [9.17, 15) is 4.79 Å². The summed E-state index contributed by atoms with van der Waals surface area (Å²) in [6.07, 6.45) is 10.6.